The third-order valence-electron chi connectivity index (χ3n) is 4.95. The van der Waals surface area contributed by atoms with Gasteiger partial charge in [0, 0.05) is 51.2 Å². The highest BCUT2D eigenvalue weighted by Gasteiger charge is 2.14. The minimum atomic E-state index is -0.466. The summed E-state index contributed by atoms with van der Waals surface area (Å²) in [5, 5.41) is 6.53. The van der Waals surface area contributed by atoms with Gasteiger partial charge in [-0.15, -0.1) is 0 Å². The lowest BCUT2D eigenvalue weighted by molar-refractivity contribution is 0.158. The van der Waals surface area contributed by atoms with E-state index in [2.05, 4.69) is 42.4 Å². The normalized spacial score (nSPS) is 15.6. The fraction of sp³-hybridized carbons (Fsp3) is 0.350. The summed E-state index contributed by atoms with van der Waals surface area (Å²) in [6.45, 7) is 6.01. The van der Waals surface area contributed by atoms with Crippen LogP contribution in [0.15, 0.2) is 36.5 Å². The van der Waals surface area contributed by atoms with E-state index in [9.17, 15) is 4.39 Å². The van der Waals surface area contributed by atoms with E-state index < -0.39 is 5.82 Å². The SMILES string of the molecule is CN1CCN(CCNc2nc(Nc3ccc(F)c(Cl)c3)nc3cccnc23)CC1. The third-order valence-corrected chi connectivity index (χ3v) is 5.24. The number of hydrogen-bond donors (Lipinski definition) is 2. The van der Waals surface area contributed by atoms with E-state index in [0.717, 1.165) is 44.8 Å². The van der Waals surface area contributed by atoms with Crippen molar-refractivity contribution in [2.45, 2.75) is 0 Å². The maximum Gasteiger partial charge on any atom is 0.229 e. The van der Waals surface area contributed by atoms with Crippen LogP contribution in [0.25, 0.3) is 11.0 Å². The summed E-state index contributed by atoms with van der Waals surface area (Å²) < 4.78 is 13.4. The van der Waals surface area contributed by atoms with Crippen molar-refractivity contribution in [2.24, 2.45) is 0 Å². The standard InChI is InChI=1S/C20H23ClFN7/c1-28-9-11-29(12-10-28)8-7-24-19-18-17(3-2-6-23-18)26-20(27-19)25-14-4-5-16(22)15(21)13-14/h2-6,13H,7-12H2,1H3,(H2,24,25,26,27). The molecule has 1 aliphatic heterocycles. The van der Waals surface area contributed by atoms with Crippen LogP contribution in [0.1, 0.15) is 0 Å². The zero-order chi connectivity index (χ0) is 20.2. The molecule has 1 saturated heterocycles. The average molecular weight is 416 g/mol. The molecule has 0 saturated carbocycles. The molecule has 1 aromatic carbocycles. The quantitative estimate of drug-likeness (QED) is 0.640. The van der Waals surface area contributed by atoms with Crippen LogP contribution < -0.4 is 10.6 Å². The van der Waals surface area contributed by atoms with Gasteiger partial charge in [0.1, 0.15) is 11.3 Å². The molecule has 0 spiro atoms. The summed E-state index contributed by atoms with van der Waals surface area (Å²) in [7, 11) is 2.15. The second-order valence-corrected chi connectivity index (χ2v) is 7.50. The lowest BCUT2D eigenvalue weighted by atomic mass is 10.3. The molecular weight excluding hydrogens is 393 g/mol. The van der Waals surface area contributed by atoms with Crippen LogP contribution in [-0.4, -0.2) is 71.1 Å². The molecule has 0 amide bonds. The Labute approximate surface area is 173 Å². The highest BCUT2D eigenvalue weighted by Crippen LogP contribution is 2.24. The van der Waals surface area contributed by atoms with E-state index in [4.69, 9.17) is 11.6 Å². The van der Waals surface area contributed by atoms with Crippen molar-refractivity contribution in [3.8, 4) is 0 Å². The number of pyridine rings is 1. The number of hydrogen-bond acceptors (Lipinski definition) is 7. The Hall–Kier alpha value is -2.55. The number of piperazine rings is 1. The number of benzene rings is 1. The van der Waals surface area contributed by atoms with Gasteiger partial charge in [-0.2, -0.15) is 4.98 Å². The second-order valence-electron chi connectivity index (χ2n) is 7.09. The van der Waals surface area contributed by atoms with Crippen LogP contribution in [0.2, 0.25) is 5.02 Å². The minimum Gasteiger partial charge on any atom is -0.367 e. The zero-order valence-corrected chi connectivity index (χ0v) is 17.0. The largest absolute Gasteiger partial charge is 0.367 e. The number of likely N-dealkylation sites (N-methyl/N-ethyl adjacent to an activating group) is 1. The molecule has 29 heavy (non-hydrogen) atoms. The Balaban J connectivity index is 1.50. The van der Waals surface area contributed by atoms with Gasteiger partial charge in [-0.05, 0) is 37.4 Å². The molecule has 3 aromatic rings. The molecule has 0 atom stereocenters. The van der Waals surface area contributed by atoms with Crippen molar-refractivity contribution in [1.82, 2.24) is 24.8 Å². The highest BCUT2D eigenvalue weighted by molar-refractivity contribution is 6.31. The van der Waals surface area contributed by atoms with Gasteiger partial charge < -0.3 is 15.5 Å². The summed E-state index contributed by atoms with van der Waals surface area (Å²) in [4.78, 5) is 18.3. The molecule has 0 radical (unpaired) electrons. The average Bonchev–Trinajstić information content (AvgIpc) is 2.72. The molecule has 3 heterocycles. The van der Waals surface area contributed by atoms with Crippen LogP contribution in [0, 0.1) is 5.82 Å². The van der Waals surface area contributed by atoms with E-state index in [1.807, 2.05) is 12.1 Å². The Morgan fingerprint density at radius 2 is 1.97 bits per heavy atom. The first-order valence-electron chi connectivity index (χ1n) is 9.58. The molecular formula is C20H23ClFN7. The van der Waals surface area contributed by atoms with Gasteiger partial charge in [0.15, 0.2) is 5.82 Å². The van der Waals surface area contributed by atoms with E-state index in [1.54, 1.807) is 12.3 Å². The van der Waals surface area contributed by atoms with Crippen molar-refractivity contribution in [2.75, 3.05) is 56.9 Å². The summed E-state index contributed by atoms with van der Waals surface area (Å²) in [6, 6.07) is 8.13. The molecule has 2 N–H and O–H groups in total. The molecule has 0 bridgehead atoms. The van der Waals surface area contributed by atoms with Crippen molar-refractivity contribution < 1.29 is 4.39 Å². The van der Waals surface area contributed by atoms with Crippen LogP contribution >= 0.6 is 11.6 Å². The molecule has 4 rings (SSSR count). The second kappa shape index (κ2) is 8.86. The Morgan fingerprint density at radius 1 is 1.14 bits per heavy atom. The van der Waals surface area contributed by atoms with Gasteiger partial charge in [-0.1, -0.05) is 11.6 Å². The van der Waals surface area contributed by atoms with Crippen molar-refractivity contribution >= 4 is 40.1 Å². The molecule has 0 aliphatic carbocycles. The number of nitrogens with zero attached hydrogens (tertiary/aromatic N) is 5. The molecule has 152 valence electrons. The van der Waals surface area contributed by atoms with E-state index >= 15 is 0 Å². The summed E-state index contributed by atoms with van der Waals surface area (Å²) in [6.07, 6.45) is 1.73. The smallest absolute Gasteiger partial charge is 0.229 e. The van der Waals surface area contributed by atoms with Crippen LogP contribution in [0.4, 0.5) is 21.8 Å². The van der Waals surface area contributed by atoms with Crippen molar-refractivity contribution in [3.63, 3.8) is 0 Å². The van der Waals surface area contributed by atoms with Gasteiger partial charge in [0.05, 0.1) is 10.5 Å². The lowest BCUT2D eigenvalue weighted by Gasteiger charge is -2.32. The Kier molecular flexibility index (Phi) is 6.03. The third kappa shape index (κ3) is 4.90. The van der Waals surface area contributed by atoms with E-state index in [1.165, 1.54) is 12.1 Å². The number of anilines is 3. The predicted molar refractivity (Wildman–Crippen MR) is 114 cm³/mol. The van der Waals surface area contributed by atoms with Gasteiger partial charge in [-0.25, -0.2) is 9.37 Å². The maximum absolute atomic E-state index is 13.4. The van der Waals surface area contributed by atoms with Gasteiger partial charge in [-0.3, -0.25) is 9.88 Å². The van der Waals surface area contributed by atoms with Gasteiger partial charge in [0.2, 0.25) is 5.95 Å². The molecule has 0 unspecified atom stereocenters. The van der Waals surface area contributed by atoms with E-state index in [0.29, 0.717) is 23.0 Å². The molecule has 1 aliphatic rings. The summed E-state index contributed by atoms with van der Waals surface area (Å²) in [5.74, 6) is 0.600. The van der Waals surface area contributed by atoms with Crippen molar-refractivity contribution in [3.05, 3.63) is 47.4 Å². The van der Waals surface area contributed by atoms with Gasteiger partial charge >= 0.3 is 0 Å². The van der Waals surface area contributed by atoms with Crippen molar-refractivity contribution in [1.29, 1.82) is 0 Å². The first-order chi connectivity index (χ1) is 14.1. The molecule has 9 heteroatoms. The predicted octanol–water partition coefficient (Wildman–Crippen LogP) is 3.22. The number of aromatic nitrogens is 3. The zero-order valence-electron chi connectivity index (χ0n) is 16.2. The van der Waals surface area contributed by atoms with Gasteiger partial charge in [0.25, 0.3) is 0 Å². The maximum atomic E-state index is 13.4. The van der Waals surface area contributed by atoms with Crippen LogP contribution in [0.3, 0.4) is 0 Å². The molecule has 1 fully saturated rings. The fourth-order valence-electron chi connectivity index (χ4n) is 3.25. The number of fused-ring (bicyclic) bond motifs is 1. The number of rotatable bonds is 6. The molecule has 2 aromatic heterocycles. The Morgan fingerprint density at radius 3 is 2.76 bits per heavy atom. The molecule has 7 nitrogen and oxygen atoms in total. The first-order valence-corrected chi connectivity index (χ1v) is 9.96. The number of nitrogens with one attached hydrogen (secondary N) is 2. The Bertz CT molecular complexity index is 992. The first kappa shape index (κ1) is 19.8. The van der Waals surface area contributed by atoms with E-state index in [-0.39, 0.29) is 5.02 Å². The summed E-state index contributed by atoms with van der Waals surface area (Å²) in [5.41, 5.74) is 2.05. The summed E-state index contributed by atoms with van der Waals surface area (Å²) >= 11 is 5.87. The number of halogens is 2. The topological polar surface area (TPSA) is 69.2 Å². The highest BCUT2D eigenvalue weighted by atomic mass is 35.5. The lowest BCUT2D eigenvalue weighted by Crippen LogP contribution is -2.45. The minimum absolute atomic E-state index is 0.0444. The van der Waals surface area contributed by atoms with Crippen LogP contribution in [0.5, 0.6) is 0 Å². The monoisotopic (exact) mass is 415 g/mol. The fourth-order valence-corrected chi connectivity index (χ4v) is 3.43. The van der Waals surface area contributed by atoms with Crippen LogP contribution in [-0.2, 0) is 0 Å².